The molecule has 1 aliphatic carbocycles. The molecule has 1 aromatic carbocycles. The summed E-state index contributed by atoms with van der Waals surface area (Å²) in [5.74, 6) is 1.30. The molecule has 1 aliphatic rings. The predicted octanol–water partition coefficient (Wildman–Crippen LogP) is 2.90. The molecule has 0 spiro atoms. The van der Waals surface area contributed by atoms with Crippen molar-refractivity contribution in [1.29, 1.82) is 0 Å². The molecule has 0 atom stereocenters. The number of hydrogen-bond acceptors (Lipinski definition) is 4. The Hall–Kier alpha value is -2.27. The van der Waals surface area contributed by atoms with E-state index >= 15 is 0 Å². The van der Waals surface area contributed by atoms with Crippen LogP contribution in [0, 0.1) is 5.21 Å². The van der Waals surface area contributed by atoms with E-state index in [0.29, 0.717) is 23.7 Å². The van der Waals surface area contributed by atoms with Crippen LogP contribution < -0.4 is 20.3 Å². The molecule has 1 fully saturated rings. The van der Waals surface area contributed by atoms with Gasteiger partial charge in [-0.3, -0.25) is 4.90 Å². The zero-order valence-corrected chi connectivity index (χ0v) is 15.1. The predicted molar refractivity (Wildman–Crippen MR) is 103 cm³/mol. The van der Waals surface area contributed by atoms with Crippen LogP contribution in [0.15, 0.2) is 48.5 Å². The smallest absolute Gasteiger partial charge is 0.223 e. The summed E-state index contributed by atoms with van der Waals surface area (Å²) in [6.45, 7) is 0.926. The van der Waals surface area contributed by atoms with E-state index in [1.807, 2.05) is 43.3 Å². The standard InChI is InChI=1S/C20H28N4O/c1-23(2)20-10-6-9-19(24(20)25)22-18-13-11-17(12-14-18)21-15-16-7-4-3-5-8-16/h3-10,17-18,21-22H,11-15H2,1-2H3. The monoisotopic (exact) mass is 340 g/mol. The van der Waals surface area contributed by atoms with Gasteiger partial charge in [-0.1, -0.05) is 30.3 Å². The number of hydrogen-bond donors (Lipinski definition) is 2. The molecule has 0 aliphatic heterocycles. The molecule has 25 heavy (non-hydrogen) atoms. The van der Waals surface area contributed by atoms with E-state index in [4.69, 9.17) is 0 Å². The topological polar surface area (TPSA) is 54.2 Å². The summed E-state index contributed by atoms with van der Waals surface area (Å²) in [6, 6.07) is 17.1. The first-order valence-electron chi connectivity index (χ1n) is 9.07. The molecule has 0 bridgehead atoms. The van der Waals surface area contributed by atoms with Crippen LogP contribution in [0.5, 0.6) is 0 Å². The van der Waals surface area contributed by atoms with Gasteiger partial charge in [0.2, 0.25) is 11.6 Å². The number of aromatic nitrogens is 1. The Morgan fingerprint density at radius 2 is 1.64 bits per heavy atom. The van der Waals surface area contributed by atoms with Gasteiger partial charge in [-0.2, -0.15) is 0 Å². The van der Waals surface area contributed by atoms with Gasteiger partial charge in [0.1, 0.15) is 0 Å². The van der Waals surface area contributed by atoms with E-state index in [9.17, 15) is 5.21 Å². The molecule has 0 amide bonds. The lowest BCUT2D eigenvalue weighted by atomic mass is 9.91. The molecule has 5 nitrogen and oxygen atoms in total. The molecule has 0 radical (unpaired) electrons. The number of nitrogens with one attached hydrogen (secondary N) is 2. The fourth-order valence-corrected chi connectivity index (χ4v) is 3.43. The second kappa shape index (κ2) is 8.21. The lowest BCUT2D eigenvalue weighted by Crippen LogP contribution is -2.41. The molecule has 134 valence electrons. The van der Waals surface area contributed by atoms with Crippen LogP contribution in [-0.4, -0.2) is 26.2 Å². The lowest BCUT2D eigenvalue weighted by Gasteiger charge is -2.29. The van der Waals surface area contributed by atoms with Gasteiger partial charge in [0.05, 0.1) is 20.1 Å². The summed E-state index contributed by atoms with van der Waals surface area (Å²) in [6.07, 6.45) is 4.44. The summed E-state index contributed by atoms with van der Waals surface area (Å²) in [5.41, 5.74) is 1.33. The largest absolute Gasteiger partial charge is 0.740 e. The van der Waals surface area contributed by atoms with E-state index in [1.54, 1.807) is 0 Å². The average molecular weight is 340 g/mol. The van der Waals surface area contributed by atoms with E-state index in [0.717, 1.165) is 37.0 Å². The van der Waals surface area contributed by atoms with Crippen molar-refractivity contribution in [1.82, 2.24) is 5.32 Å². The highest BCUT2D eigenvalue weighted by atomic mass is 16.5. The van der Waals surface area contributed by atoms with E-state index < -0.39 is 0 Å². The minimum atomic E-state index is 0.368. The molecule has 3 rings (SSSR count). The highest BCUT2D eigenvalue weighted by Gasteiger charge is 2.23. The van der Waals surface area contributed by atoms with Gasteiger partial charge in [0, 0.05) is 24.7 Å². The first kappa shape index (κ1) is 17.5. The Bertz CT molecular complexity index is 667. The minimum absolute atomic E-state index is 0.368. The van der Waals surface area contributed by atoms with Crippen molar-refractivity contribution in [2.75, 3.05) is 24.3 Å². The summed E-state index contributed by atoms with van der Waals surface area (Å²) >= 11 is 0. The number of pyridine rings is 1. The average Bonchev–Trinajstić information content (AvgIpc) is 2.63. The van der Waals surface area contributed by atoms with Gasteiger partial charge in [-0.25, -0.2) is 4.73 Å². The molecule has 0 unspecified atom stereocenters. The van der Waals surface area contributed by atoms with Gasteiger partial charge >= 0.3 is 0 Å². The Kier molecular flexibility index (Phi) is 5.76. The summed E-state index contributed by atoms with van der Waals surface area (Å²) < 4.78 is 0.986. The van der Waals surface area contributed by atoms with Crippen LogP contribution in [0.3, 0.4) is 0 Å². The second-order valence-corrected chi connectivity index (χ2v) is 7.02. The quantitative estimate of drug-likeness (QED) is 0.627. The third kappa shape index (κ3) is 4.63. The number of rotatable bonds is 6. The maximum absolute atomic E-state index is 12.4. The molecule has 2 N–H and O–H groups in total. The first-order chi connectivity index (χ1) is 12.1. The third-order valence-electron chi connectivity index (χ3n) is 4.90. The van der Waals surface area contributed by atoms with Crippen LogP contribution in [0.25, 0.3) is 0 Å². The van der Waals surface area contributed by atoms with Gasteiger partial charge in [0.15, 0.2) is 0 Å². The molecule has 1 saturated carbocycles. The van der Waals surface area contributed by atoms with E-state index in [2.05, 4.69) is 34.9 Å². The normalized spacial score (nSPS) is 20.2. The first-order valence-corrected chi connectivity index (χ1v) is 9.07. The number of anilines is 2. The molecule has 0 saturated heterocycles. The van der Waals surface area contributed by atoms with Crippen molar-refractivity contribution in [2.45, 2.75) is 44.3 Å². The zero-order valence-electron chi connectivity index (χ0n) is 15.1. The van der Waals surface area contributed by atoms with Gasteiger partial charge in [0.25, 0.3) is 0 Å². The fraction of sp³-hybridized carbons (Fsp3) is 0.450. The van der Waals surface area contributed by atoms with Crippen LogP contribution in [0.4, 0.5) is 11.6 Å². The third-order valence-corrected chi connectivity index (χ3v) is 4.90. The van der Waals surface area contributed by atoms with Gasteiger partial charge in [-0.15, -0.1) is 0 Å². The molecular weight excluding hydrogens is 312 g/mol. The van der Waals surface area contributed by atoms with Crippen LogP contribution in [-0.2, 0) is 6.54 Å². The van der Waals surface area contributed by atoms with Crippen LogP contribution in [0.1, 0.15) is 31.2 Å². The SMILES string of the molecule is CN(C)c1cccc(NC2CCC(NCc3ccccc3)CC2)[n+]1[O-]. The Morgan fingerprint density at radius 3 is 2.32 bits per heavy atom. The Balaban J connectivity index is 1.49. The number of nitrogens with zero attached hydrogens (tertiary/aromatic N) is 2. The highest BCUT2D eigenvalue weighted by molar-refractivity contribution is 5.39. The summed E-state index contributed by atoms with van der Waals surface area (Å²) in [7, 11) is 3.77. The summed E-state index contributed by atoms with van der Waals surface area (Å²) in [5, 5.41) is 19.5. The second-order valence-electron chi connectivity index (χ2n) is 7.02. The molecule has 2 aromatic rings. The van der Waals surface area contributed by atoms with E-state index in [1.165, 1.54) is 5.56 Å². The fourth-order valence-electron chi connectivity index (χ4n) is 3.43. The molecule has 5 heteroatoms. The van der Waals surface area contributed by atoms with Crippen molar-refractivity contribution >= 4 is 11.6 Å². The van der Waals surface area contributed by atoms with Crippen molar-refractivity contribution in [3.63, 3.8) is 0 Å². The van der Waals surface area contributed by atoms with Crippen LogP contribution in [0.2, 0.25) is 0 Å². The molecule has 1 heterocycles. The molecule has 1 aromatic heterocycles. The van der Waals surface area contributed by atoms with Crippen molar-refractivity contribution in [3.8, 4) is 0 Å². The Labute approximate surface area is 150 Å². The highest BCUT2D eigenvalue weighted by Crippen LogP contribution is 2.22. The van der Waals surface area contributed by atoms with E-state index in [-0.39, 0.29) is 0 Å². The zero-order chi connectivity index (χ0) is 17.6. The maximum Gasteiger partial charge on any atom is 0.223 e. The summed E-state index contributed by atoms with van der Waals surface area (Å²) in [4.78, 5) is 1.84. The Morgan fingerprint density at radius 1 is 0.960 bits per heavy atom. The van der Waals surface area contributed by atoms with Crippen LogP contribution >= 0.6 is 0 Å². The molecular formula is C20H28N4O. The minimum Gasteiger partial charge on any atom is -0.740 e. The van der Waals surface area contributed by atoms with Crippen molar-refractivity contribution in [2.24, 2.45) is 0 Å². The lowest BCUT2D eigenvalue weighted by molar-refractivity contribution is -0.577. The van der Waals surface area contributed by atoms with Gasteiger partial charge in [-0.05, 0) is 37.3 Å². The maximum atomic E-state index is 12.4. The van der Waals surface area contributed by atoms with Crippen molar-refractivity contribution < 1.29 is 4.73 Å². The van der Waals surface area contributed by atoms with Crippen molar-refractivity contribution in [3.05, 3.63) is 59.3 Å². The van der Waals surface area contributed by atoms with Gasteiger partial charge < -0.3 is 15.8 Å². The number of benzene rings is 1.